The quantitative estimate of drug-likeness (QED) is 0.673. The molecule has 2 fully saturated rings. The van der Waals surface area contributed by atoms with Crippen molar-refractivity contribution in [2.45, 2.75) is 45.1 Å². The van der Waals surface area contributed by atoms with Gasteiger partial charge in [0.25, 0.3) is 0 Å². The zero-order valence-electron chi connectivity index (χ0n) is 11.4. The van der Waals surface area contributed by atoms with Crippen molar-refractivity contribution in [3.05, 3.63) is 0 Å². The summed E-state index contributed by atoms with van der Waals surface area (Å²) in [7, 11) is 0. The van der Waals surface area contributed by atoms with Crippen molar-refractivity contribution in [2.75, 3.05) is 26.3 Å². The third kappa shape index (κ3) is 4.58. The van der Waals surface area contributed by atoms with Gasteiger partial charge in [-0.05, 0) is 44.1 Å². The Balaban J connectivity index is 1.55. The first kappa shape index (κ1) is 13.8. The van der Waals surface area contributed by atoms with Crippen LogP contribution in [0.25, 0.3) is 0 Å². The van der Waals surface area contributed by atoms with Gasteiger partial charge < -0.3 is 15.4 Å². The lowest BCUT2D eigenvalue weighted by atomic mass is 9.90. The van der Waals surface area contributed by atoms with Crippen molar-refractivity contribution in [1.82, 2.24) is 10.6 Å². The second-order valence-corrected chi connectivity index (χ2v) is 5.61. The molecule has 1 saturated carbocycles. The van der Waals surface area contributed by atoms with Crippen LogP contribution in [0.3, 0.4) is 0 Å². The van der Waals surface area contributed by atoms with Crippen LogP contribution in [0.2, 0.25) is 0 Å². The van der Waals surface area contributed by atoms with Gasteiger partial charge >= 0.3 is 0 Å². The highest BCUT2D eigenvalue weighted by Gasteiger charge is 2.25. The van der Waals surface area contributed by atoms with E-state index in [9.17, 15) is 4.79 Å². The highest BCUT2D eigenvalue weighted by atomic mass is 16.5. The molecule has 0 spiro atoms. The molecule has 1 amide bonds. The lowest BCUT2D eigenvalue weighted by Gasteiger charge is -2.28. The molecule has 2 unspecified atom stereocenters. The van der Waals surface area contributed by atoms with Crippen LogP contribution in [-0.2, 0) is 9.53 Å². The summed E-state index contributed by atoms with van der Waals surface area (Å²) in [4.78, 5) is 11.9. The van der Waals surface area contributed by atoms with Gasteiger partial charge in [0.05, 0.1) is 12.6 Å². The summed E-state index contributed by atoms with van der Waals surface area (Å²) in [6, 6.07) is 0.00660. The second kappa shape index (κ2) is 7.10. The number of hydrogen-bond acceptors (Lipinski definition) is 3. The number of carbonyl (C=O) groups excluding carboxylic acids is 1. The number of piperidine rings is 1. The fraction of sp³-hybridized carbons (Fsp3) is 0.929. The van der Waals surface area contributed by atoms with E-state index in [1.807, 2.05) is 0 Å². The molecule has 2 atom stereocenters. The SMILES string of the molecule is CCC1CCNC(C(=O)NCCOCC2CC2)C1. The van der Waals surface area contributed by atoms with E-state index in [1.165, 1.54) is 25.7 Å². The van der Waals surface area contributed by atoms with Crippen molar-refractivity contribution in [3.63, 3.8) is 0 Å². The Hall–Kier alpha value is -0.610. The molecule has 1 saturated heterocycles. The molecule has 0 aromatic heterocycles. The first-order valence-electron chi connectivity index (χ1n) is 7.38. The summed E-state index contributed by atoms with van der Waals surface area (Å²) in [5.41, 5.74) is 0. The Morgan fingerprint density at radius 1 is 1.33 bits per heavy atom. The maximum atomic E-state index is 11.9. The minimum Gasteiger partial charge on any atom is -0.379 e. The van der Waals surface area contributed by atoms with Crippen molar-refractivity contribution < 1.29 is 9.53 Å². The van der Waals surface area contributed by atoms with Crippen LogP contribution in [0.15, 0.2) is 0 Å². The van der Waals surface area contributed by atoms with Crippen LogP contribution in [0, 0.1) is 11.8 Å². The molecular weight excluding hydrogens is 228 g/mol. The lowest BCUT2D eigenvalue weighted by Crippen LogP contribution is -2.49. The number of hydrogen-bond donors (Lipinski definition) is 2. The second-order valence-electron chi connectivity index (χ2n) is 5.61. The molecule has 2 N–H and O–H groups in total. The summed E-state index contributed by atoms with van der Waals surface area (Å²) in [5.74, 6) is 1.64. The van der Waals surface area contributed by atoms with E-state index in [-0.39, 0.29) is 11.9 Å². The molecule has 2 rings (SSSR count). The standard InChI is InChI=1S/C14H26N2O2/c1-2-11-5-6-15-13(9-11)14(17)16-7-8-18-10-12-3-4-12/h11-13,15H,2-10H2,1H3,(H,16,17). The third-order valence-electron chi connectivity index (χ3n) is 4.00. The average molecular weight is 254 g/mol. The van der Waals surface area contributed by atoms with E-state index in [0.717, 1.165) is 25.5 Å². The van der Waals surface area contributed by atoms with Gasteiger partial charge in [0.15, 0.2) is 0 Å². The number of carbonyl (C=O) groups is 1. The predicted octanol–water partition coefficient (Wildman–Crippen LogP) is 1.31. The van der Waals surface area contributed by atoms with E-state index in [2.05, 4.69) is 17.6 Å². The number of amides is 1. The lowest BCUT2D eigenvalue weighted by molar-refractivity contribution is -0.124. The molecule has 18 heavy (non-hydrogen) atoms. The maximum Gasteiger partial charge on any atom is 0.237 e. The highest BCUT2D eigenvalue weighted by Crippen LogP contribution is 2.28. The summed E-state index contributed by atoms with van der Waals surface area (Å²) in [6.07, 6.45) is 5.99. The molecule has 0 bridgehead atoms. The van der Waals surface area contributed by atoms with Crippen LogP contribution in [0.4, 0.5) is 0 Å². The third-order valence-corrected chi connectivity index (χ3v) is 4.00. The molecule has 0 aromatic carbocycles. The zero-order valence-corrected chi connectivity index (χ0v) is 11.4. The normalized spacial score (nSPS) is 28.1. The minimum atomic E-state index is 0.00660. The topological polar surface area (TPSA) is 50.4 Å². The molecule has 4 heteroatoms. The summed E-state index contributed by atoms with van der Waals surface area (Å²) < 4.78 is 5.50. The van der Waals surface area contributed by atoms with Gasteiger partial charge in [-0.1, -0.05) is 13.3 Å². The number of rotatable bonds is 7. The summed E-state index contributed by atoms with van der Waals surface area (Å²) in [5, 5.41) is 6.26. The molecule has 1 aliphatic heterocycles. The van der Waals surface area contributed by atoms with Crippen molar-refractivity contribution in [1.29, 1.82) is 0 Å². The maximum absolute atomic E-state index is 11.9. The van der Waals surface area contributed by atoms with Gasteiger partial charge in [0.1, 0.15) is 0 Å². The smallest absolute Gasteiger partial charge is 0.237 e. The minimum absolute atomic E-state index is 0.00660. The zero-order chi connectivity index (χ0) is 12.8. The molecule has 1 heterocycles. The van der Waals surface area contributed by atoms with Gasteiger partial charge in [0, 0.05) is 13.2 Å². The van der Waals surface area contributed by atoms with Crippen LogP contribution in [0.5, 0.6) is 0 Å². The van der Waals surface area contributed by atoms with Crippen molar-refractivity contribution in [2.24, 2.45) is 11.8 Å². The van der Waals surface area contributed by atoms with Gasteiger partial charge in [-0.25, -0.2) is 0 Å². The van der Waals surface area contributed by atoms with E-state index >= 15 is 0 Å². The molecule has 0 aromatic rings. The van der Waals surface area contributed by atoms with Crippen molar-refractivity contribution >= 4 is 5.91 Å². The average Bonchev–Trinajstić information content (AvgIpc) is 3.22. The van der Waals surface area contributed by atoms with E-state index < -0.39 is 0 Å². The predicted molar refractivity (Wildman–Crippen MR) is 71.4 cm³/mol. The largest absolute Gasteiger partial charge is 0.379 e. The Morgan fingerprint density at radius 3 is 2.89 bits per heavy atom. The van der Waals surface area contributed by atoms with Crippen LogP contribution >= 0.6 is 0 Å². The van der Waals surface area contributed by atoms with Crippen LogP contribution in [0.1, 0.15) is 39.0 Å². The van der Waals surface area contributed by atoms with Gasteiger partial charge in [-0.2, -0.15) is 0 Å². The Labute approximate surface area is 110 Å². The fourth-order valence-corrected chi connectivity index (χ4v) is 2.47. The molecule has 2 aliphatic rings. The monoisotopic (exact) mass is 254 g/mol. The molecule has 4 nitrogen and oxygen atoms in total. The fourth-order valence-electron chi connectivity index (χ4n) is 2.47. The number of nitrogens with one attached hydrogen (secondary N) is 2. The molecule has 1 aliphatic carbocycles. The molecular formula is C14H26N2O2. The van der Waals surface area contributed by atoms with Gasteiger partial charge in [-0.15, -0.1) is 0 Å². The summed E-state index contributed by atoms with van der Waals surface area (Å²) in [6.45, 7) is 5.33. The van der Waals surface area contributed by atoms with Gasteiger partial charge in [0.2, 0.25) is 5.91 Å². The first-order valence-corrected chi connectivity index (χ1v) is 7.38. The van der Waals surface area contributed by atoms with E-state index in [4.69, 9.17) is 4.74 Å². The highest BCUT2D eigenvalue weighted by molar-refractivity contribution is 5.81. The van der Waals surface area contributed by atoms with E-state index in [1.54, 1.807) is 0 Å². The molecule has 0 radical (unpaired) electrons. The van der Waals surface area contributed by atoms with Crippen molar-refractivity contribution in [3.8, 4) is 0 Å². The Kier molecular flexibility index (Phi) is 5.45. The Morgan fingerprint density at radius 2 is 2.17 bits per heavy atom. The Bertz CT molecular complexity index is 267. The summed E-state index contributed by atoms with van der Waals surface area (Å²) >= 11 is 0. The number of ether oxygens (including phenoxy) is 1. The van der Waals surface area contributed by atoms with Crippen LogP contribution in [-0.4, -0.2) is 38.3 Å². The molecule has 104 valence electrons. The first-order chi connectivity index (χ1) is 8.79. The van der Waals surface area contributed by atoms with E-state index in [0.29, 0.717) is 19.1 Å². The van der Waals surface area contributed by atoms with Crippen LogP contribution < -0.4 is 10.6 Å². The van der Waals surface area contributed by atoms with Gasteiger partial charge in [-0.3, -0.25) is 4.79 Å².